The van der Waals surface area contributed by atoms with Crippen molar-refractivity contribution in [3.8, 4) is 0 Å². The van der Waals surface area contributed by atoms with E-state index >= 15 is 0 Å². The van der Waals surface area contributed by atoms with E-state index in [0.29, 0.717) is 40.3 Å². The maximum atomic E-state index is 12.3. The molecule has 0 unspecified atom stereocenters. The third kappa shape index (κ3) is 9.71. The first-order valence-electron chi connectivity index (χ1n) is 10.5. The van der Waals surface area contributed by atoms with Crippen LogP contribution in [0.4, 0.5) is 27.0 Å². The number of benzene rings is 1. The van der Waals surface area contributed by atoms with Crippen molar-refractivity contribution in [1.82, 2.24) is 14.9 Å². The number of ether oxygens (including phenoxy) is 1. The summed E-state index contributed by atoms with van der Waals surface area (Å²) in [6.07, 6.45) is 1.28. The molecule has 180 valence electrons. The summed E-state index contributed by atoms with van der Waals surface area (Å²) in [5.41, 5.74) is 0.675. The van der Waals surface area contributed by atoms with Gasteiger partial charge in [0.25, 0.3) is 0 Å². The minimum absolute atomic E-state index is 0.166. The summed E-state index contributed by atoms with van der Waals surface area (Å²) in [6, 6.07) is 6.06. The zero-order valence-electron chi connectivity index (χ0n) is 19.5. The second-order valence-corrected chi connectivity index (χ2v) is 9.28. The van der Waals surface area contributed by atoms with Gasteiger partial charge in [-0.15, -0.1) is 0 Å². The van der Waals surface area contributed by atoms with Gasteiger partial charge in [0.1, 0.15) is 11.4 Å². The average Bonchev–Trinajstić information content (AvgIpc) is 2.68. The fraction of sp³-hybridized carbons (Fsp3) is 0.455. The molecule has 0 saturated carbocycles. The molecule has 0 spiro atoms. The Kier molecular flexibility index (Phi) is 9.55. The van der Waals surface area contributed by atoms with Crippen LogP contribution < -0.4 is 16.0 Å². The number of aromatic nitrogens is 2. The Morgan fingerprint density at radius 2 is 1.79 bits per heavy atom. The number of carbonyl (C=O) groups is 2. The van der Waals surface area contributed by atoms with Gasteiger partial charge in [0, 0.05) is 37.6 Å². The molecule has 1 aromatic heterocycles. The molecule has 1 heterocycles. The zero-order chi connectivity index (χ0) is 24.6. The van der Waals surface area contributed by atoms with E-state index in [4.69, 9.17) is 27.9 Å². The molecule has 11 heteroatoms. The van der Waals surface area contributed by atoms with Gasteiger partial charge in [-0.1, -0.05) is 23.2 Å². The number of aryl methyl sites for hydroxylation is 1. The molecule has 0 fully saturated rings. The van der Waals surface area contributed by atoms with Gasteiger partial charge in [0.2, 0.25) is 5.95 Å². The Bertz CT molecular complexity index is 981. The average molecular weight is 497 g/mol. The lowest BCUT2D eigenvalue weighted by Crippen LogP contribution is -2.34. The first kappa shape index (κ1) is 26.5. The summed E-state index contributed by atoms with van der Waals surface area (Å²) in [7, 11) is 1.72. The SMILES string of the molecule is Cc1cc(NCCCCN(C)C(=O)OC(C)(C)C)nc(NC(=O)Nc2ccc(Cl)c(Cl)c2)n1. The molecule has 33 heavy (non-hydrogen) atoms. The van der Waals surface area contributed by atoms with Crippen LogP contribution in [0.15, 0.2) is 24.3 Å². The monoisotopic (exact) mass is 496 g/mol. The number of carbonyl (C=O) groups excluding carboxylic acids is 2. The second-order valence-electron chi connectivity index (χ2n) is 8.46. The highest BCUT2D eigenvalue weighted by molar-refractivity contribution is 6.42. The van der Waals surface area contributed by atoms with Gasteiger partial charge < -0.3 is 20.3 Å². The summed E-state index contributed by atoms with van der Waals surface area (Å²) in [6.45, 7) is 8.56. The van der Waals surface area contributed by atoms with Gasteiger partial charge in [-0.3, -0.25) is 5.32 Å². The van der Waals surface area contributed by atoms with Crippen LogP contribution in [0.2, 0.25) is 10.0 Å². The van der Waals surface area contributed by atoms with E-state index in [1.54, 1.807) is 36.2 Å². The van der Waals surface area contributed by atoms with Crippen LogP contribution >= 0.6 is 23.2 Å². The number of hydrogen-bond acceptors (Lipinski definition) is 6. The molecule has 0 aliphatic carbocycles. The Hall–Kier alpha value is -2.78. The van der Waals surface area contributed by atoms with Crippen LogP contribution in [-0.4, -0.2) is 52.7 Å². The predicted molar refractivity (Wildman–Crippen MR) is 132 cm³/mol. The molecule has 0 bridgehead atoms. The van der Waals surface area contributed by atoms with Crippen molar-refractivity contribution in [3.05, 3.63) is 40.0 Å². The van der Waals surface area contributed by atoms with Gasteiger partial charge >= 0.3 is 12.1 Å². The quantitative estimate of drug-likeness (QED) is 0.398. The maximum Gasteiger partial charge on any atom is 0.410 e. The lowest BCUT2D eigenvalue weighted by molar-refractivity contribution is 0.0296. The number of nitrogens with one attached hydrogen (secondary N) is 3. The lowest BCUT2D eigenvalue weighted by atomic mass is 10.2. The van der Waals surface area contributed by atoms with E-state index < -0.39 is 11.6 Å². The van der Waals surface area contributed by atoms with E-state index in [0.717, 1.165) is 12.8 Å². The van der Waals surface area contributed by atoms with Gasteiger partial charge in [-0.05, 0) is 58.7 Å². The number of halogens is 2. The second kappa shape index (κ2) is 11.9. The first-order chi connectivity index (χ1) is 15.4. The van der Waals surface area contributed by atoms with Crippen LogP contribution in [0.3, 0.4) is 0 Å². The van der Waals surface area contributed by atoms with E-state index in [2.05, 4.69) is 25.9 Å². The van der Waals surface area contributed by atoms with E-state index in [-0.39, 0.29) is 12.0 Å². The summed E-state index contributed by atoms with van der Waals surface area (Å²) in [5, 5.41) is 9.21. The Balaban J connectivity index is 1.80. The molecule has 0 atom stereocenters. The van der Waals surface area contributed by atoms with Crippen molar-refractivity contribution < 1.29 is 14.3 Å². The highest BCUT2D eigenvalue weighted by atomic mass is 35.5. The van der Waals surface area contributed by atoms with Gasteiger partial charge in [0.05, 0.1) is 10.0 Å². The molecule has 0 saturated heterocycles. The van der Waals surface area contributed by atoms with Crippen LogP contribution in [0, 0.1) is 6.92 Å². The molecule has 0 aliphatic heterocycles. The van der Waals surface area contributed by atoms with Crippen LogP contribution in [0.5, 0.6) is 0 Å². The number of urea groups is 1. The Morgan fingerprint density at radius 1 is 1.06 bits per heavy atom. The number of rotatable bonds is 8. The predicted octanol–water partition coefficient (Wildman–Crippen LogP) is 5.79. The summed E-state index contributed by atoms with van der Waals surface area (Å²) in [4.78, 5) is 34.4. The zero-order valence-corrected chi connectivity index (χ0v) is 21.0. The van der Waals surface area contributed by atoms with Gasteiger partial charge in [0.15, 0.2) is 0 Å². The summed E-state index contributed by atoms with van der Waals surface area (Å²) < 4.78 is 5.33. The number of unbranched alkanes of at least 4 members (excludes halogenated alkanes) is 1. The smallest absolute Gasteiger partial charge is 0.410 e. The number of anilines is 3. The third-order valence-electron chi connectivity index (χ3n) is 4.19. The fourth-order valence-corrected chi connectivity index (χ4v) is 2.97. The molecular weight excluding hydrogens is 467 g/mol. The summed E-state index contributed by atoms with van der Waals surface area (Å²) in [5.74, 6) is 0.757. The van der Waals surface area contributed by atoms with Crippen molar-refractivity contribution in [2.75, 3.05) is 36.1 Å². The molecule has 9 nitrogen and oxygen atoms in total. The third-order valence-corrected chi connectivity index (χ3v) is 4.93. The standard InChI is InChI=1S/C22H30Cl2N6O3/c1-14-12-18(25-10-6-7-11-30(5)21(32)33-22(2,3)4)28-19(26-14)29-20(31)27-15-8-9-16(23)17(24)13-15/h8-9,12-13H,6-7,10-11H2,1-5H3,(H3,25,26,27,28,29,31). The Morgan fingerprint density at radius 3 is 2.45 bits per heavy atom. The largest absolute Gasteiger partial charge is 0.444 e. The number of amides is 3. The van der Waals surface area contributed by atoms with Crippen LogP contribution in [-0.2, 0) is 4.74 Å². The van der Waals surface area contributed by atoms with Crippen LogP contribution in [0.25, 0.3) is 0 Å². The topological polar surface area (TPSA) is 108 Å². The normalized spacial score (nSPS) is 11.0. The molecule has 2 rings (SSSR count). The van der Waals surface area contributed by atoms with Crippen LogP contribution in [0.1, 0.15) is 39.3 Å². The molecule has 0 aliphatic rings. The first-order valence-corrected chi connectivity index (χ1v) is 11.3. The Labute approximate surface area is 204 Å². The molecule has 0 radical (unpaired) electrons. The minimum atomic E-state index is -0.512. The van der Waals surface area contributed by atoms with E-state index in [1.165, 1.54) is 0 Å². The molecule has 3 N–H and O–H groups in total. The van der Waals surface area contributed by atoms with E-state index in [9.17, 15) is 9.59 Å². The highest BCUT2D eigenvalue weighted by Gasteiger charge is 2.19. The van der Waals surface area contributed by atoms with Crippen molar-refractivity contribution in [2.45, 2.75) is 46.1 Å². The summed E-state index contributed by atoms with van der Waals surface area (Å²) >= 11 is 11.9. The lowest BCUT2D eigenvalue weighted by Gasteiger charge is -2.24. The number of nitrogens with zero attached hydrogens (tertiary/aromatic N) is 3. The van der Waals surface area contributed by atoms with Gasteiger partial charge in [-0.25, -0.2) is 14.6 Å². The van der Waals surface area contributed by atoms with Crippen molar-refractivity contribution in [2.24, 2.45) is 0 Å². The van der Waals surface area contributed by atoms with Crippen molar-refractivity contribution in [3.63, 3.8) is 0 Å². The highest BCUT2D eigenvalue weighted by Crippen LogP contribution is 2.25. The molecular formula is C22H30Cl2N6O3. The minimum Gasteiger partial charge on any atom is -0.444 e. The molecule has 2 aromatic rings. The fourth-order valence-electron chi connectivity index (χ4n) is 2.67. The maximum absolute atomic E-state index is 12.3. The molecule has 1 aromatic carbocycles. The van der Waals surface area contributed by atoms with Crippen molar-refractivity contribution >= 4 is 52.8 Å². The van der Waals surface area contributed by atoms with E-state index in [1.807, 2.05) is 27.7 Å². The van der Waals surface area contributed by atoms with Crippen molar-refractivity contribution in [1.29, 1.82) is 0 Å². The van der Waals surface area contributed by atoms with Gasteiger partial charge in [-0.2, -0.15) is 4.98 Å². The number of hydrogen-bond donors (Lipinski definition) is 3. The molecule has 3 amide bonds.